The van der Waals surface area contributed by atoms with E-state index < -0.39 is 23.8 Å². The number of nitrogens with one attached hydrogen (secondary N) is 1. The molecule has 0 bridgehead atoms. The van der Waals surface area contributed by atoms with Crippen LogP contribution in [-0.4, -0.2) is 38.2 Å². The molecule has 1 atom stereocenters. The fraction of sp³-hybridized carbons (Fsp3) is 0.350. The minimum Gasteiger partial charge on any atom is -0.466 e. The van der Waals surface area contributed by atoms with Crippen LogP contribution in [0.5, 0.6) is 0 Å². The van der Waals surface area contributed by atoms with E-state index in [1.807, 2.05) is 0 Å². The highest BCUT2D eigenvalue weighted by Gasteiger charge is 2.40. The first-order valence-corrected chi connectivity index (χ1v) is 9.51. The summed E-state index contributed by atoms with van der Waals surface area (Å²) in [5, 5.41) is 3.41. The Labute approximate surface area is 178 Å². The Hall–Kier alpha value is -2.51. The summed E-state index contributed by atoms with van der Waals surface area (Å²) in [5.74, 6) is -2.79. The van der Waals surface area contributed by atoms with E-state index in [1.165, 1.54) is 14.0 Å². The fourth-order valence-electron chi connectivity index (χ4n) is 3.07. The summed E-state index contributed by atoms with van der Waals surface area (Å²) in [6.45, 7) is 4.44. The molecule has 1 aromatic rings. The predicted octanol–water partition coefficient (Wildman–Crippen LogP) is 3.51. The van der Waals surface area contributed by atoms with Gasteiger partial charge >= 0.3 is 17.9 Å². The topological polar surface area (TPSA) is 90.9 Å². The molecule has 1 heterocycles. The third-order valence-electron chi connectivity index (χ3n) is 4.26. The van der Waals surface area contributed by atoms with E-state index >= 15 is 0 Å². The normalized spacial score (nSPS) is 16.3. The van der Waals surface area contributed by atoms with Gasteiger partial charge in [0.05, 0.1) is 46.5 Å². The largest absolute Gasteiger partial charge is 0.466 e. The van der Waals surface area contributed by atoms with Crippen molar-refractivity contribution in [2.75, 3.05) is 20.3 Å². The van der Waals surface area contributed by atoms with E-state index in [-0.39, 0.29) is 40.1 Å². The number of hydrogen-bond donors (Lipinski definition) is 1. The first kappa shape index (κ1) is 22.8. The van der Waals surface area contributed by atoms with Crippen molar-refractivity contribution >= 4 is 41.1 Å². The lowest BCUT2D eigenvalue weighted by Crippen LogP contribution is -2.35. The van der Waals surface area contributed by atoms with E-state index in [2.05, 4.69) is 5.32 Å². The molecule has 0 spiro atoms. The summed E-state index contributed by atoms with van der Waals surface area (Å²) in [6, 6.07) is 4.91. The van der Waals surface area contributed by atoms with Crippen molar-refractivity contribution in [3.05, 3.63) is 56.3 Å². The Morgan fingerprint density at radius 3 is 2.38 bits per heavy atom. The molecule has 1 aromatic carbocycles. The number of halogens is 2. The molecule has 0 fully saturated rings. The lowest BCUT2D eigenvalue weighted by Gasteiger charge is -2.31. The summed E-state index contributed by atoms with van der Waals surface area (Å²) in [6.07, 6.45) is 0. The van der Waals surface area contributed by atoms with Gasteiger partial charge in [0.1, 0.15) is 6.61 Å². The second kappa shape index (κ2) is 9.80. The standard InChI is InChI=1S/C20H21Cl2NO6/c1-5-28-20(26)17-14(9-29-11(3)24)23-10(2)15(19(25)27-4)16(17)12-7-6-8-13(21)18(12)22/h6-8,16,23H,5,9H2,1-4H3. The minimum absolute atomic E-state index is 0.0864. The fourth-order valence-corrected chi connectivity index (χ4v) is 3.49. The first-order valence-electron chi connectivity index (χ1n) is 8.76. The molecule has 0 radical (unpaired) electrons. The molecule has 0 saturated heterocycles. The quantitative estimate of drug-likeness (QED) is 0.533. The molecule has 0 saturated carbocycles. The van der Waals surface area contributed by atoms with Gasteiger partial charge in [-0.05, 0) is 25.5 Å². The van der Waals surface area contributed by atoms with E-state index in [4.69, 9.17) is 37.4 Å². The van der Waals surface area contributed by atoms with Crippen LogP contribution in [0.1, 0.15) is 32.3 Å². The molecule has 29 heavy (non-hydrogen) atoms. The number of carbonyl (C=O) groups excluding carboxylic acids is 3. The average molecular weight is 442 g/mol. The number of esters is 3. The molecule has 0 aliphatic carbocycles. The van der Waals surface area contributed by atoms with Gasteiger partial charge in [0.15, 0.2) is 0 Å². The Morgan fingerprint density at radius 2 is 1.79 bits per heavy atom. The zero-order chi connectivity index (χ0) is 21.7. The van der Waals surface area contributed by atoms with Crippen molar-refractivity contribution in [3.63, 3.8) is 0 Å². The molecule has 2 rings (SSSR count). The Morgan fingerprint density at radius 1 is 1.10 bits per heavy atom. The SMILES string of the molecule is CCOC(=O)C1=C(COC(C)=O)NC(C)=C(C(=O)OC)C1c1cccc(Cl)c1Cl. The zero-order valence-electron chi connectivity index (χ0n) is 16.4. The molecule has 1 unspecified atom stereocenters. The van der Waals surface area contributed by atoms with Gasteiger partial charge in [0, 0.05) is 12.6 Å². The van der Waals surface area contributed by atoms with Crippen LogP contribution in [0.3, 0.4) is 0 Å². The Balaban J connectivity index is 2.77. The van der Waals surface area contributed by atoms with Crippen molar-refractivity contribution < 1.29 is 28.6 Å². The molecular weight excluding hydrogens is 421 g/mol. The lowest BCUT2D eigenvalue weighted by molar-refractivity contribution is -0.142. The molecule has 0 amide bonds. The third-order valence-corrected chi connectivity index (χ3v) is 5.09. The van der Waals surface area contributed by atoms with Gasteiger partial charge in [-0.15, -0.1) is 0 Å². The number of methoxy groups -OCH3 is 1. The Bertz CT molecular complexity index is 906. The summed E-state index contributed by atoms with van der Waals surface area (Å²) in [4.78, 5) is 36.8. The number of dihydropyridines is 1. The molecule has 1 aliphatic heterocycles. The minimum atomic E-state index is -0.931. The third kappa shape index (κ3) is 4.92. The lowest BCUT2D eigenvalue weighted by atomic mass is 9.80. The Kier molecular flexibility index (Phi) is 7.70. The molecular formula is C20H21Cl2NO6. The number of hydrogen-bond acceptors (Lipinski definition) is 7. The number of carbonyl (C=O) groups is 3. The van der Waals surface area contributed by atoms with Crippen LogP contribution in [0.4, 0.5) is 0 Å². The van der Waals surface area contributed by atoms with E-state index in [0.29, 0.717) is 11.3 Å². The summed E-state index contributed by atoms with van der Waals surface area (Å²) < 4.78 is 15.2. The molecule has 1 aliphatic rings. The van der Waals surface area contributed by atoms with Gasteiger partial charge in [-0.3, -0.25) is 4.79 Å². The zero-order valence-corrected chi connectivity index (χ0v) is 17.9. The maximum absolute atomic E-state index is 12.9. The van der Waals surface area contributed by atoms with E-state index in [1.54, 1.807) is 32.0 Å². The van der Waals surface area contributed by atoms with Crippen molar-refractivity contribution in [1.82, 2.24) is 5.32 Å². The van der Waals surface area contributed by atoms with Crippen LogP contribution in [-0.2, 0) is 28.6 Å². The van der Waals surface area contributed by atoms with Crippen molar-refractivity contribution in [3.8, 4) is 0 Å². The van der Waals surface area contributed by atoms with Gasteiger partial charge in [-0.25, -0.2) is 9.59 Å². The molecule has 0 aromatic heterocycles. The maximum atomic E-state index is 12.9. The highest BCUT2D eigenvalue weighted by molar-refractivity contribution is 6.42. The number of rotatable bonds is 6. The average Bonchev–Trinajstić information content (AvgIpc) is 2.67. The molecule has 9 heteroatoms. The van der Waals surface area contributed by atoms with Crippen LogP contribution >= 0.6 is 23.2 Å². The second-order valence-corrected chi connectivity index (χ2v) is 6.91. The van der Waals surface area contributed by atoms with Crippen LogP contribution in [0.2, 0.25) is 10.0 Å². The van der Waals surface area contributed by atoms with Gasteiger partial charge < -0.3 is 19.5 Å². The molecule has 156 valence electrons. The van der Waals surface area contributed by atoms with Crippen LogP contribution < -0.4 is 5.32 Å². The second-order valence-electron chi connectivity index (χ2n) is 6.12. The van der Waals surface area contributed by atoms with Crippen molar-refractivity contribution in [2.45, 2.75) is 26.7 Å². The summed E-state index contributed by atoms with van der Waals surface area (Å²) >= 11 is 12.6. The van der Waals surface area contributed by atoms with Crippen LogP contribution in [0.15, 0.2) is 40.7 Å². The van der Waals surface area contributed by atoms with Crippen LogP contribution in [0.25, 0.3) is 0 Å². The smallest absolute Gasteiger partial charge is 0.336 e. The predicted molar refractivity (Wildman–Crippen MR) is 107 cm³/mol. The van der Waals surface area contributed by atoms with Gasteiger partial charge in [0.25, 0.3) is 0 Å². The summed E-state index contributed by atoms with van der Waals surface area (Å²) in [5.41, 5.74) is 1.39. The number of allylic oxidation sites excluding steroid dienone is 1. The van der Waals surface area contributed by atoms with Crippen molar-refractivity contribution in [2.24, 2.45) is 0 Å². The maximum Gasteiger partial charge on any atom is 0.336 e. The van der Waals surface area contributed by atoms with E-state index in [0.717, 1.165) is 0 Å². The first-order chi connectivity index (χ1) is 13.7. The summed E-state index contributed by atoms with van der Waals surface area (Å²) in [7, 11) is 1.24. The number of benzene rings is 1. The monoisotopic (exact) mass is 441 g/mol. The van der Waals surface area contributed by atoms with Crippen LogP contribution in [0, 0.1) is 0 Å². The highest BCUT2D eigenvalue weighted by Crippen LogP contribution is 2.43. The van der Waals surface area contributed by atoms with Gasteiger partial charge in [-0.2, -0.15) is 0 Å². The van der Waals surface area contributed by atoms with Crippen molar-refractivity contribution in [1.29, 1.82) is 0 Å². The molecule has 7 nitrogen and oxygen atoms in total. The highest BCUT2D eigenvalue weighted by atomic mass is 35.5. The van der Waals surface area contributed by atoms with Gasteiger partial charge in [-0.1, -0.05) is 35.3 Å². The number of ether oxygens (including phenoxy) is 3. The molecule has 1 N–H and O–H groups in total. The van der Waals surface area contributed by atoms with Gasteiger partial charge in [0.2, 0.25) is 0 Å². The van der Waals surface area contributed by atoms with E-state index in [9.17, 15) is 14.4 Å².